The zero-order chi connectivity index (χ0) is 18.1. The maximum absolute atomic E-state index is 3.82. The number of hydrogen-bond donors (Lipinski definition) is 2. The SMILES string of the molecule is c1ccc(CC(c2ccccc2)C2NCCc3c2[nH]c2ccccc32)cc1. The Morgan fingerprint density at radius 3 is 2.33 bits per heavy atom. The minimum absolute atomic E-state index is 0.295. The Balaban J connectivity index is 1.60. The van der Waals surface area contributed by atoms with Crippen molar-refractivity contribution in [3.63, 3.8) is 0 Å². The molecule has 134 valence electrons. The highest BCUT2D eigenvalue weighted by molar-refractivity contribution is 5.85. The maximum Gasteiger partial charge on any atom is 0.0548 e. The Kier molecular flexibility index (Phi) is 4.27. The fraction of sp³-hybridized carbons (Fsp3) is 0.200. The van der Waals surface area contributed by atoms with Gasteiger partial charge in [-0.25, -0.2) is 0 Å². The van der Waals surface area contributed by atoms with E-state index < -0.39 is 0 Å². The number of rotatable bonds is 4. The third kappa shape index (κ3) is 3.07. The van der Waals surface area contributed by atoms with Gasteiger partial charge < -0.3 is 10.3 Å². The number of aromatic nitrogens is 1. The average molecular weight is 352 g/mol. The lowest BCUT2D eigenvalue weighted by atomic mass is 9.81. The first kappa shape index (κ1) is 16.3. The lowest BCUT2D eigenvalue weighted by molar-refractivity contribution is 0.417. The van der Waals surface area contributed by atoms with Crippen molar-refractivity contribution in [3.8, 4) is 0 Å². The summed E-state index contributed by atoms with van der Waals surface area (Å²) in [4.78, 5) is 3.74. The van der Waals surface area contributed by atoms with Gasteiger partial charge in [0.15, 0.2) is 0 Å². The predicted octanol–water partition coefficient (Wildman–Crippen LogP) is 5.38. The first-order chi connectivity index (χ1) is 13.4. The van der Waals surface area contributed by atoms with E-state index in [1.165, 1.54) is 33.3 Å². The van der Waals surface area contributed by atoms with E-state index in [0.29, 0.717) is 12.0 Å². The average Bonchev–Trinajstić information content (AvgIpc) is 3.12. The van der Waals surface area contributed by atoms with E-state index in [9.17, 15) is 0 Å². The molecule has 0 radical (unpaired) electrons. The van der Waals surface area contributed by atoms with Crippen molar-refractivity contribution in [3.05, 3.63) is 107 Å². The van der Waals surface area contributed by atoms with Crippen LogP contribution in [0.3, 0.4) is 0 Å². The summed E-state index contributed by atoms with van der Waals surface area (Å²) in [6, 6.07) is 30.8. The Morgan fingerprint density at radius 2 is 1.52 bits per heavy atom. The van der Waals surface area contributed by atoms with Crippen molar-refractivity contribution >= 4 is 10.9 Å². The fourth-order valence-electron chi connectivity index (χ4n) is 4.55. The van der Waals surface area contributed by atoms with E-state index >= 15 is 0 Å². The molecule has 0 fully saturated rings. The van der Waals surface area contributed by atoms with Crippen LogP contribution < -0.4 is 5.32 Å². The van der Waals surface area contributed by atoms with E-state index in [4.69, 9.17) is 0 Å². The molecule has 27 heavy (non-hydrogen) atoms. The van der Waals surface area contributed by atoms with Gasteiger partial charge in [-0.3, -0.25) is 0 Å². The van der Waals surface area contributed by atoms with Gasteiger partial charge in [-0.15, -0.1) is 0 Å². The van der Waals surface area contributed by atoms with Gasteiger partial charge in [-0.2, -0.15) is 0 Å². The number of benzene rings is 3. The summed E-state index contributed by atoms with van der Waals surface area (Å²) in [6.07, 6.45) is 2.11. The second-order valence-electron chi connectivity index (χ2n) is 7.45. The minimum atomic E-state index is 0.295. The molecule has 2 heterocycles. The molecule has 5 rings (SSSR count). The molecule has 2 unspecified atom stereocenters. The van der Waals surface area contributed by atoms with Crippen LogP contribution in [0.25, 0.3) is 10.9 Å². The molecule has 2 nitrogen and oxygen atoms in total. The molecule has 0 saturated carbocycles. The molecule has 1 aliphatic rings. The lowest BCUT2D eigenvalue weighted by Crippen LogP contribution is -2.34. The number of hydrogen-bond acceptors (Lipinski definition) is 1. The summed E-state index contributed by atoms with van der Waals surface area (Å²) in [5.74, 6) is 0.390. The van der Waals surface area contributed by atoms with E-state index in [1.54, 1.807) is 0 Å². The number of fused-ring (bicyclic) bond motifs is 3. The first-order valence-electron chi connectivity index (χ1n) is 9.82. The molecule has 3 aromatic carbocycles. The number of aromatic amines is 1. The Morgan fingerprint density at radius 1 is 0.815 bits per heavy atom. The number of H-pyrrole nitrogens is 1. The normalized spacial score (nSPS) is 17.6. The molecule has 4 aromatic rings. The molecule has 1 aromatic heterocycles. The van der Waals surface area contributed by atoms with Crippen LogP contribution in [0.2, 0.25) is 0 Å². The van der Waals surface area contributed by atoms with Crippen molar-refractivity contribution in [1.29, 1.82) is 0 Å². The van der Waals surface area contributed by atoms with Crippen LogP contribution in [0, 0.1) is 0 Å². The third-order valence-electron chi connectivity index (χ3n) is 5.83. The Labute approximate surface area is 160 Å². The van der Waals surface area contributed by atoms with Crippen LogP contribution in [-0.2, 0) is 12.8 Å². The van der Waals surface area contributed by atoms with Crippen molar-refractivity contribution in [2.75, 3.05) is 6.54 Å². The van der Waals surface area contributed by atoms with Crippen LogP contribution in [0.1, 0.15) is 34.3 Å². The van der Waals surface area contributed by atoms with Gasteiger partial charge in [0.05, 0.1) is 6.04 Å². The predicted molar refractivity (Wildman–Crippen MR) is 112 cm³/mol. The third-order valence-corrected chi connectivity index (χ3v) is 5.83. The fourth-order valence-corrected chi connectivity index (χ4v) is 4.55. The van der Waals surface area contributed by atoms with Crippen molar-refractivity contribution in [1.82, 2.24) is 10.3 Å². The van der Waals surface area contributed by atoms with E-state index in [2.05, 4.69) is 95.2 Å². The summed E-state index contributed by atoms with van der Waals surface area (Å²) >= 11 is 0. The topological polar surface area (TPSA) is 27.8 Å². The molecule has 0 aliphatic carbocycles. The highest BCUT2D eigenvalue weighted by atomic mass is 15.0. The summed E-state index contributed by atoms with van der Waals surface area (Å²) in [7, 11) is 0. The summed E-state index contributed by atoms with van der Waals surface area (Å²) in [5, 5.41) is 5.20. The highest BCUT2D eigenvalue weighted by Gasteiger charge is 2.31. The minimum Gasteiger partial charge on any atom is -0.357 e. The van der Waals surface area contributed by atoms with E-state index in [0.717, 1.165) is 19.4 Å². The smallest absolute Gasteiger partial charge is 0.0548 e. The number of nitrogens with one attached hydrogen (secondary N) is 2. The molecular formula is C25H24N2. The highest BCUT2D eigenvalue weighted by Crippen LogP contribution is 2.39. The molecular weight excluding hydrogens is 328 g/mol. The van der Waals surface area contributed by atoms with Crippen LogP contribution in [0.5, 0.6) is 0 Å². The molecule has 2 heteroatoms. The van der Waals surface area contributed by atoms with Crippen molar-refractivity contribution in [2.45, 2.75) is 24.8 Å². The van der Waals surface area contributed by atoms with Gasteiger partial charge in [0.25, 0.3) is 0 Å². The van der Waals surface area contributed by atoms with Crippen LogP contribution >= 0.6 is 0 Å². The number of para-hydroxylation sites is 1. The lowest BCUT2D eigenvalue weighted by Gasteiger charge is -2.32. The molecule has 2 atom stereocenters. The van der Waals surface area contributed by atoms with E-state index in [1.807, 2.05) is 0 Å². The second-order valence-corrected chi connectivity index (χ2v) is 7.45. The van der Waals surface area contributed by atoms with E-state index in [-0.39, 0.29) is 0 Å². The molecule has 0 amide bonds. The summed E-state index contributed by atoms with van der Waals surface area (Å²) in [5.41, 5.74) is 6.89. The summed E-state index contributed by atoms with van der Waals surface area (Å²) in [6.45, 7) is 1.03. The Hall–Kier alpha value is -2.84. The quantitative estimate of drug-likeness (QED) is 0.507. The molecule has 2 N–H and O–H groups in total. The Bertz CT molecular complexity index is 1030. The van der Waals surface area contributed by atoms with Gasteiger partial charge in [0, 0.05) is 22.5 Å². The maximum atomic E-state index is 3.82. The van der Waals surface area contributed by atoms with Gasteiger partial charge >= 0.3 is 0 Å². The van der Waals surface area contributed by atoms with Crippen LogP contribution in [-0.4, -0.2) is 11.5 Å². The van der Waals surface area contributed by atoms with Gasteiger partial charge in [-0.05, 0) is 42.1 Å². The zero-order valence-electron chi connectivity index (χ0n) is 15.4. The second kappa shape index (κ2) is 7.05. The monoisotopic (exact) mass is 352 g/mol. The van der Waals surface area contributed by atoms with Crippen molar-refractivity contribution < 1.29 is 0 Å². The first-order valence-corrected chi connectivity index (χ1v) is 9.82. The molecule has 0 bridgehead atoms. The van der Waals surface area contributed by atoms with Gasteiger partial charge in [0.2, 0.25) is 0 Å². The largest absolute Gasteiger partial charge is 0.357 e. The van der Waals surface area contributed by atoms with Crippen LogP contribution in [0.15, 0.2) is 84.9 Å². The molecule has 0 spiro atoms. The zero-order valence-corrected chi connectivity index (χ0v) is 15.4. The van der Waals surface area contributed by atoms with Gasteiger partial charge in [-0.1, -0.05) is 78.9 Å². The van der Waals surface area contributed by atoms with Gasteiger partial charge in [0.1, 0.15) is 0 Å². The molecule has 0 saturated heterocycles. The van der Waals surface area contributed by atoms with Crippen LogP contribution in [0.4, 0.5) is 0 Å². The summed E-state index contributed by atoms with van der Waals surface area (Å²) < 4.78 is 0. The molecule has 1 aliphatic heterocycles. The standard InChI is InChI=1S/C25H24N2/c1-3-9-18(10-4-1)17-22(19-11-5-2-6-12-19)24-25-21(15-16-26-24)20-13-7-8-14-23(20)27-25/h1-14,22,24,26-27H,15-17H2. The van der Waals surface area contributed by atoms with Crippen molar-refractivity contribution in [2.24, 2.45) is 0 Å².